The number of hydrogen-bond donors (Lipinski definition) is 2. The average Bonchev–Trinajstić information content (AvgIpc) is 2.76. The molecule has 3 aromatic rings. The second-order valence-corrected chi connectivity index (χ2v) is 7.98. The van der Waals surface area contributed by atoms with Crippen molar-refractivity contribution in [1.29, 1.82) is 0 Å². The highest BCUT2D eigenvalue weighted by Crippen LogP contribution is 2.16. The first kappa shape index (κ1) is 22.7. The summed E-state index contributed by atoms with van der Waals surface area (Å²) in [6.45, 7) is 1.74. The lowest BCUT2D eigenvalue weighted by Gasteiger charge is -2.11. The number of aliphatic carboxylic acids is 1. The number of carboxylic acids is 1. The van der Waals surface area contributed by atoms with Gasteiger partial charge in [0.05, 0.1) is 5.92 Å². The molecule has 0 saturated heterocycles. The summed E-state index contributed by atoms with van der Waals surface area (Å²) in [6, 6.07) is 30.7. The van der Waals surface area contributed by atoms with Crippen molar-refractivity contribution >= 4 is 17.7 Å². The highest BCUT2D eigenvalue weighted by Gasteiger charge is 2.10. The molecular formula is C25H29NO2S. The highest BCUT2D eigenvalue weighted by atomic mass is 32.2. The molecule has 0 unspecified atom stereocenters. The minimum Gasteiger partial charge on any atom is -0.481 e. The summed E-state index contributed by atoms with van der Waals surface area (Å²) in [6.07, 6.45) is 0.894. The molecule has 0 spiro atoms. The van der Waals surface area contributed by atoms with Gasteiger partial charge in [-0.2, -0.15) is 11.8 Å². The Bertz CT molecular complexity index is 825. The van der Waals surface area contributed by atoms with Gasteiger partial charge in [-0.1, -0.05) is 97.9 Å². The molecule has 0 heterocycles. The fraction of sp³-hybridized carbons (Fsp3) is 0.240. The molecular weight excluding hydrogens is 378 g/mol. The molecule has 0 aliphatic carbocycles. The van der Waals surface area contributed by atoms with Crippen LogP contribution >= 0.6 is 11.8 Å². The monoisotopic (exact) mass is 407 g/mol. The van der Waals surface area contributed by atoms with Crippen LogP contribution in [0.5, 0.6) is 0 Å². The van der Waals surface area contributed by atoms with E-state index in [0.717, 1.165) is 12.2 Å². The third kappa shape index (κ3) is 8.99. The van der Waals surface area contributed by atoms with Crippen LogP contribution in [0, 0.1) is 5.92 Å². The standard InChI is InChI=1S/C14H15N.C11H14O2S/c15-14(13-9-5-2-6-10-13)11-12-7-3-1-4-8-12;1-9(11(12)13)7-14-8-10-5-3-2-4-6-10/h1-10,14H,11,15H2;2-6,9H,7-8H2,1H3,(H,12,13)/t14-;9-/m11/s1. The molecule has 29 heavy (non-hydrogen) atoms. The van der Waals surface area contributed by atoms with Crippen LogP contribution in [0.1, 0.15) is 29.7 Å². The first-order chi connectivity index (χ1) is 14.1. The van der Waals surface area contributed by atoms with Crippen molar-refractivity contribution in [2.75, 3.05) is 5.75 Å². The molecule has 0 aromatic heterocycles. The molecule has 3 aromatic carbocycles. The Morgan fingerprint density at radius 3 is 1.86 bits per heavy atom. The summed E-state index contributed by atoms with van der Waals surface area (Å²) in [4.78, 5) is 10.5. The molecule has 0 fully saturated rings. The first-order valence-electron chi connectivity index (χ1n) is 9.75. The molecule has 0 aliphatic rings. The van der Waals surface area contributed by atoms with E-state index in [4.69, 9.17) is 10.8 Å². The van der Waals surface area contributed by atoms with Gasteiger partial charge in [-0.3, -0.25) is 4.79 Å². The van der Waals surface area contributed by atoms with E-state index in [2.05, 4.69) is 36.4 Å². The van der Waals surface area contributed by atoms with Gasteiger partial charge in [0.25, 0.3) is 0 Å². The Hall–Kier alpha value is -2.56. The molecule has 4 heteroatoms. The highest BCUT2D eigenvalue weighted by molar-refractivity contribution is 7.98. The second kappa shape index (κ2) is 12.8. The number of hydrogen-bond acceptors (Lipinski definition) is 3. The Labute approximate surface area is 178 Å². The lowest BCUT2D eigenvalue weighted by Crippen LogP contribution is -2.12. The van der Waals surface area contributed by atoms with Crippen LogP contribution in [0.4, 0.5) is 0 Å². The maximum Gasteiger partial charge on any atom is 0.307 e. The van der Waals surface area contributed by atoms with E-state index in [-0.39, 0.29) is 12.0 Å². The summed E-state index contributed by atoms with van der Waals surface area (Å²) < 4.78 is 0. The van der Waals surface area contributed by atoms with Crippen LogP contribution in [-0.4, -0.2) is 16.8 Å². The van der Waals surface area contributed by atoms with Gasteiger partial charge >= 0.3 is 5.97 Å². The Morgan fingerprint density at radius 2 is 1.34 bits per heavy atom. The summed E-state index contributed by atoms with van der Waals surface area (Å²) >= 11 is 1.66. The Kier molecular flexibility index (Phi) is 10.0. The minimum atomic E-state index is -0.717. The van der Waals surface area contributed by atoms with Crippen molar-refractivity contribution in [3.8, 4) is 0 Å². The van der Waals surface area contributed by atoms with Gasteiger partial charge in [0, 0.05) is 17.5 Å². The lowest BCUT2D eigenvalue weighted by molar-refractivity contribution is -0.140. The smallest absolute Gasteiger partial charge is 0.307 e. The van der Waals surface area contributed by atoms with Crippen molar-refractivity contribution in [2.45, 2.75) is 25.1 Å². The lowest BCUT2D eigenvalue weighted by atomic mass is 10.00. The number of rotatable bonds is 8. The summed E-state index contributed by atoms with van der Waals surface area (Å²) in [5, 5.41) is 8.67. The van der Waals surface area contributed by atoms with Crippen molar-refractivity contribution in [3.63, 3.8) is 0 Å². The van der Waals surface area contributed by atoms with Gasteiger partial charge in [-0.15, -0.1) is 0 Å². The normalized spacial score (nSPS) is 12.3. The van der Waals surface area contributed by atoms with Gasteiger partial charge in [0.1, 0.15) is 0 Å². The largest absolute Gasteiger partial charge is 0.481 e. The number of nitrogens with two attached hydrogens (primary N) is 1. The molecule has 0 bridgehead atoms. The van der Waals surface area contributed by atoms with Crippen LogP contribution in [0.25, 0.3) is 0 Å². The summed E-state index contributed by atoms with van der Waals surface area (Å²) in [5.41, 5.74) is 9.85. The Morgan fingerprint density at radius 1 is 0.862 bits per heavy atom. The van der Waals surface area contributed by atoms with Crippen LogP contribution in [-0.2, 0) is 17.0 Å². The zero-order valence-electron chi connectivity index (χ0n) is 16.8. The second-order valence-electron chi connectivity index (χ2n) is 6.95. The van der Waals surface area contributed by atoms with Crippen molar-refractivity contribution < 1.29 is 9.90 Å². The van der Waals surface area contributed by atoms with Gasteiger partial charge in [0.2, 0.25) is 0 Å². The molecule has 0 amide bonds. The van der Waals surface area contributed by atoms with E-state index >= 15 is 0 Å². The fourth-order valence-electron chi connectivity index (χ4n) is 2.69. The maximum absolute atomic E-state index is 10.5. The summed E-state index contributed by atoms with van der Waals surface area (Å²) in [7, 11) is 0. The minimum absolute atomic E-state index is 0.0913. The van der Waals surface area contributed by atoms with E-state index in [1.165, 1.54) is 16.7 Å². The predicted octanol–water partition coefficient (Wildman–Crippen LogP) is 5.57. The Balaban J connectivity index is 0.000000208. The van der Waals surface area contributed by atoms with Gasteiger partial charge < -0.3 is 10.8 Å². The van der Waals surface area contributed by atoms with Crippen LogP contribution in [0.2, 0.25) is 0 Å². The SMILES string of the molecule is C[C@H](CSCc1ccccc1)C(=O)O.N[C@H](Cc1ccccc1)c1ccccc1. The molecule has 3 rings (SSSR count). The third-order valence-corrected chi connectivity index (χ3v) is 5.70. The number of thioether (sulfide) groups is 1. The molecule has 3 N–H and O–H groups in total. The van der Waals surface area contributed by atoms with E-state index in [1.54, 1.807) is 18.7 Å². The first-order valence-corrected chi connectivity index (χ1v) is 10.9. The molecule has 0 aliphatic heterocycles. The van der Waals surface area contributed by atoms with Crippen molar-refractivity contribution in [3.05, 3.63) is 108 Å². The molecule has 3 nitrogen and oxygen atoms in total. The predicted molar refractivity (Wildman–Crippen MR) is 123 cm³/mol. The third-order valence-electron chi connectivity index (χ3n) is 4.43. The number of carbonyl (C=O) groups is 1. The topological polar surface area (TPSA) is 63.3 Å². The van der Waals surface area contributed by atoms with E-state index in [9.17, 15) is 4.79 Å². The van der Waals surface area contributed by atoms with E-state index < -0.39 is 5.97 Å². The van der Waals surface area contributed by atoms with Crippen molar-refractivity contribution in [1.82, 2.24) is 0 Å². The average molecular weight is 408 g/mol. The zero-order valence-corrected chi connectivity index (χ0v) is 17.6. The van der Waals surface area contributed by atoms with Crippen LogP contribution < -0.4 is 5.73 Å². The van der Waals surface area contributed by atoms with Gasteiger partial charge in [0.15, 0.2) is 0 Å². The summed E-state index contributed by atoms with van der Waals surface area (Å²) in [5.74, 6) is 0.581. The van der Waals surface area contributed by atoms with Gasteiger partial charge in [-0.05, 0) is 23.1 Å². The number of carboxylic acid groups (broad SMARTS) is 1. The molecule has 0 radical (unpaired) electrons. The molecule has 152 valence electrons. The molecule has 2 atom stereocenters. The van der Waals surface area contributed by atoms with Crippen LogP contribution in [0.15, 0.2) is 91.0 Å². The molecule has 0 saturated carbocycles. The van der Waals surface area contributed by atoms with E-state index in [1.807, 2.05) is 54.6 Å². The van der Waals surface area contributed by atoms with Crippen LogP contribution in [0.3, 0.4) is 0 Å². The zero-order chi connectivity index (χ0) is 20.9. The van der Waals surface area contributed by atoms with E-state index in [0.29, 0.717) is 5.75 Å². The number of benzene rings is 3. The maximum atomic E-state index is 10.5. The fourth-order valence-corrected chi connectivity index (χ4v) is 3.73. The van der Waals surface area contributed by atoms with Gasteiger partial charge in [-0.25, -0.2) is 0 Å². The van der Waals surface area contributed by atoms with Crippen molar-refractivity contribution in [2.24, 2.45) is 11.7 Å². The quantitative estimate of drug-likeness (QED) is 0.512.